The summed E-state index contributed by atoms with van der Waals surface area (Å²) in [5.74, 6) is 1.15. The van der Waals surface area contributed by atoms with Crippen molar-refractivity contribution in [3.05, 3.63) is 30.2 Å². The van der Waals surface area contributed by atoms with Gasteiger partial charge in [0.2, 0.25) is 5.89 Å². The summed E-state index contributed by atoms with van der Waals surface area (Å²) < 4.78 is 10.3. The summed E-state index contributed by atoms with van der Waals surface area (Å²) >= 11 is 0. The molecule has 2 aromatic rings. The van der Waals surface area contributed by atoms with Crippen molar-refractivity contribution in [1.82, 2.24) is 10.2 Å². The largest absolute Gasteiger partial charge is 0.497 e. The van der Waals surface area contributed by atoms with E-state index >= 15 is 0 Å². The van der Waals surface area contributed by atoms with E-state index in [-0.39, 0.29) is 6.54 Å². The lowest BCUT2D eigenvalue weighted by atomic mass is 10.3. The van der Waals surface area contributed by atoms with Crippen LogP contribution < -0.4 is 15.8 Å². The number of hydrogen-bond donors (Lipinski definition) is 2. The van der Waals surface area contributed by atoms with Crippen LogP contribution >= 0.6 is 0 Å². The molecule has 0 amide bonds. The molecule has 0 aliphatic heterocycles. The zero-order valence-electron chi connectivity index (χ0n) is 8.80. The smallest absolute Gasteiger partial charge is 0.320 e. The third-order valence-electron chi connectivity index (χ3n) is 1.96. The molecule has 0 saturated heterocycles. The fourth-order valence-electron chi connectivity index (χ4n) is 1.21. The van der Waals surface area contributed by atoms with Crippen LogP contribution in [0, 0.1) is 0 Å². The second-order valence-corrected chi connectivity index (χ2v) is 3.06. The highest BCUT2D eigenvalue weighted by molar-refractivity contribution is 5.54. The highest BCUT2D eigenvalue weighted by Gasteiger charge is 2.04. The molecule has 0 bridgehead atoms. The maximum Gasteiger partial charge on any atom is 0.320 e. The Hall–Kier alpha value is -2.08. The SMILES string of the molecule is COc1cccc(Nc2nnc(CN)o2)c1. The standard InChI is InChI=1S/C10H12N4O2/c1-15-8-4-2-3-7(5-8)12-10-14-13-9(6-11)16-10/h2-5H,6,11H2,1H3,(H,12,14). The molecular weight excluding hydrogens is 208 g/mol. The molecule has 0 spiro atoms. The highest BCUT2D eigenvalue weighted by atomic mass is 16.5. The number of benzene rings is 1. The Morgan fingerprint density at radius 2 is 2.31 bits per heavy atom. The fourth-order valence-corrected chi connectivity index (χ4v) is 1.21. The van der Waals surface area contributed by atoms with E-state index in [0.717, 1.165) is 11.4 Å². The zero-order chi connectivity index (χ0) is 11.4. The van der Waals surface area contributed by atoms with Crippen LogP contribution in [0.5, 0.6) is 5.75 Å². The summed E-state index contributed by atoms with van der Waals surface area (Å²) in [6, 6.07) is 7.72. The molecule has 0 radical (unpaired) electrons. The first-order valence-corrected chi connectivity index (χ1v) is 4.75. The van der Waals surface area contributed by atoms with Gasteiger partial charge < -0.3 is 20.2 Å². The number of nitrogens with one attached hydrogen (secondary N) is 1. The minimum absolute atomic E-state index is 0.229. The van der Waals surface area contributed by atoms with Crippen LogP contribution in [0.3, 0.4) is 0 Å². The van der Waals surface area contributed by atoms with Gasteiger partial charge in [0, 0.05) is 11.8 Å². The van der Waals surface area contributed by atoms with Crippen molar-refractivity contribution in [1.29, 1.82) is 0 Å². The van der Waals surface area contributed by atoms with Crippen LogP contribution in [0.15, 0.2) is 28.7 Å². The van der Waals surface area contributed by atoms with Crippen LogP contribution in [0.2, 0.25) is 0 Å². The molecule has 1 aromatic carbocycles. The minimum atomic E-state index is 0.229. The van der Waals surface area contributed by atoms with Crippen LogP contribution in [0.4, 0.5) is 11.7 Å². The number of nitrogens with zero attached hydrogens (tertiary/aromatic N) is 2. The van der Waals surface area contributed by atoms with E-state index in [4.69, 9.17) is 14.9 Å². The first kappa shape index (κ1) is 10.4. The van der Waals surface area contributed by atoms with E-state index < -0.39 is 0 Å². The molecular formula is C10H12N4O2. The van der Waals surface area contributed by atoms with Gasteiger partial charge in [0.25, 0.3) is 0 Å². The Balaban J connectivity index is 2.13. The second kappa shape index (κ2) is 4.63. The molecule has 0 atom stereocenters. The van der Waals surface area contributed by atoms with Gasteiger partial charge in [-0.3, -0.25) is 0 Å². The Morgan fingerprint density at radius 3 is 3.00 bits per heavy atom. The summed E-state index contributed by atoms with van der Waals surface area (Å²) in [5.41, 5.74) is 6.17. The fraction of sp³-hybridized carbons (Fsp3) is 0.200. The molecule has 16 heavy (non-hydrogen) atoms. The molecule has 3 N–H and O–H groups in total. The lowest BCUT2D eigenvalue weighted by Crippen LogP contribution is -1.95. The Bertz CT molecular complexity index is 469. The molecule has 0 saturated carbocycles. The van der Waals surface area contributed by atoms with Gasteiger partial charge in [0.15, 0.2) is 0 Å². The minimum Gasteiger partial charge on any atom is -0.497 e. The number of aromatic nitrogens is 2. The molecule has 6 nitrogen and oxygen atoms in total. The van der Waals surface area contributed by atoms with Crippen molar-refractivity contribution in [3.8, 4) is 5.75 Å². The first-order chi connectivity index (χ1) is 7.81. The van der Waals surface area contributed by atoms with Gasteiger partial charge in [0.05, 0.1) is 13.7 Å². The third-order valence-corrected chi connectivity index (χ3v) is 1.96. The summed E-state index contributed by atoms with van der Waals surface area (Å²) in [7, 11) is 1.61. The van der Waals surface area contributed by atoms with Gasteiger partial charge in [-0.2, -0.15) is 0 Å². The number of hydrogen-bond acceptors (Lipinski definition) is 6. The lowest BCUT2D eigenvalue weighted by Gasteiger charge is -2.03. The summed E-state index contributed by atoms with van der Waals surface area (Å²) in [6.07, 6.45) is 0. The number of nitrogens with two attached hydrogens (primary N) is 1. The van der Waals surface area contributed by atoms with Gasteiger partial charge in [-0.15, -0.1) is 5.10 Å². The van der Waals surface area contributed by atoms with Crippen molar-refractivity contribution in [2.75, 3.05) is 12.4 Å². The van der Waals surface area contributed by atoms with E-state index in [2.05, 4.69) is 15.5 Å². The van der Waals surface area contributed by atoms with Crippen LogP contribution in [-0.2, 0) is 6.54 Å². The molecule has 0 fully saturated rings. The molecule has 2 rings (SSSR count). The summed E-state index contributed by atoms with van der Waals surface area (Å²) in [4.78, 5) is 0. The molecule has 0 aliphatic rings. The van der Waals surface area contributed by atoms with Crippen molar-refractivity contribution in [2.24, 2.45) is 5.73 Å². The first-order valence-electron chi connectivity index (χ1n) is 4.75. The van der Waals surface area contributed by atoms with Crippen LogP contribution in [0.1, 0.15) is 5.89 Å². The molecule has 0 aliphatic carbocycles. The molecule has 1 aromatic heterocycles. The second-order valence-electron chi connectivity index (χ2n) is 3.06. The summed E-state index contributed by atoms with van der Waals surface area (Å²) in [5, 5.41) is 10.5. The van der Waals surface area contributed by atoms with E-state index in [0.29, 0.717) is 11.9 Å². The van der Waals surface area contributed by atoms with Crippen molar-refractivity contribution in [3.63, 3.8) is 0 Å². The maximum atomic E-state index is 5.36. The summed E-state index contributed by atoms with van der Waals surface area (Å²) in [6.45, 7) is 0.229. The van der Waals surface area contributed by atoms with Crippen molar-refractivity contribution in [2.45, 2.75) is 6.54 Å². The molecule has 1 heterocycles. The Kier molecular flexibility index (Phi) is 3.02. The normalized spacial score (nSPS) is 10.1. The van der Waals surface area contributed by atoms with Gasteiger partial charge in [-0.05, 0) is 12.1 Å². The molecule has 6 heteroatoms. The topological polar surface area (TPSA) is 86.2 Å². The maximum absolute atomic E-state index is 5.36. The van der Waals surface area contributed by atoms with Crippen molar-refractivity contribution < 1.29 is 9.15 Å². The lowest BCUT2D eigenvalue weighted by molar-refractivity contribution is 0.415. The number of anilines is 2. The van der Waals surface area contributed by atoms with Crippen molar-refractivity contribution >= 4 is 11.7 Å². The van der Waals surface area contributed by atoms with Gasteiger partial charge >= 0.3 is 6.01 Å². The predicted molar refractivity (Wildman–Crippen MR) is 58.5 cm³/mol. The monoisotopic (exact) mass is 220 g/mol. The van der Waals surface area contributed by atoms with Gasteiger partial charge in [-0.25, -0.2) is 0 Å². The highest BCUT2D eigenvalue weighted by Crippen LogP contribution is 2.20. The predicted octanol–water partition coefficient (Wildman–Crippen LogP) is 1.28. The van der Waals surface area contributed by atoms with Gasteiger partial charge in [-0.1, -0.05) is 11.2 Å². The number of rotatable bonds is 4. The van der Waals surface area contributed by atoms with Crippen LogP contribution in [-0.4, -0.2) is 17.3 Å². The van der Waals surface area contributed by atoms with Gasteiger partial charge in [0.1, 0.15) is 5.75 Å². The molecule has 84 valence electrons. The quantitative estimate of drug-likeness (QED) is 0.807. The van der Waals surface area contributed by atoms with E-state index in [1.165, 1.54) is 0 Å². The van der Waals surface area contributed by atoms with Crippen LogP contribution in [0.25, 0.3) is 0 Å². The Labute approximate surface area is 92.4 Å². The number of ether oxygens (including phenoxy) is 1. The van der Waals surface area contributed by atoms with E-state index in [1.54, 1.807) is 7.11 Å². The average Bonchev–Trinajstić information content (AvgIpc) is 2.77. The van der Waals surface area contributed by atoms with E-state index in [9.17, 15) is 0 Å². The average molecular weight is 220 g/mol. The Morgan fingerprint density at radius 1 is 1.44 bits per heavy atom. The third kappa shape index (κ3) is 2.29. The molecule has 0 unspecified atom stereocenters. The number of methoxy groups -OCH3 is 1. The zero-order valence-corrected chi connectivity index (χ0v) is 8.80. The van der Waals surface area contributed by atoms with E-state index in [1.807, 2.05) is 24.3 Å².